The maximum absolute atomic E-state index is 13.0. The van der Waals surface area contributed by atoms with E-state index in [2.05, 4.69) is 5.10 Å². The molecule has 8 heteroatoms. The zero-order chi connectivity index (χ0) is 20.4. The zero-order valence-electron chi connectivity index (χ0n) is 15.7. The predicted molar refractivity (Wildman–Crippen MR) is 109 cm³/mol. The zero-order valence-corrected chi connectivity index (χ0v) is 16.5. The molecule has 0 atom stereocenters. The van der Waals surface area contributed by atoms with E-state index in [9.17, 15) is 13.2 Å². The van der Waals surface area contributed by atoms with Gasteiger partial charge in [-0.3, -0.25) is 4.68 Å². The molecule has 0 radical (unpaired) electrons. The highest BCUT2D eigenvalue weighted by atomic mass is 32.2. The van der Waals surface area contributed by atoms with Gasteiger partial charge in [-0.25, -0.2) is 13.2 Å². The molecule has 2 heterocycles. The molecule has 0 N–H and O–H groups in total. The molecule has 0 unspecified atom stereocenters. The van der Waals surface area contributed by atoms with E-state index in [-0.39, 0.29) is 11.4 Å². The number of hydrogen-bond donors (Lipinski definition) is 0. The first kappa shape index (κ1) is 19.1. The minimum absolute atomic E-state index is 0.137. The van der Waals surface area contributed by atoms with Gasteiger partial charge < -0.3 is 4.42 Å². The van der Waals surface area contributed by atoms with Gasteiger partial charge >= 0.3 is 5.63 Å². The van der Waals surface area contributed by atoms with Crippen molar-refractivity contribution in [2.45, 2.75) is 18.0 Å². The van der Waals surface area contributed by atoms with Crippen molar-refractivity contribution in [1.82, 2.24) is 14.1 Å². The molecule has 0 saturated heterocycles. The van der Waals surface area contributed by atoms with Crippen molar-refractivity contribution in [3.63, 3.8) is 0 Å². The van der Waals surface area contributed by atoms with Gasteiger partial charge in [-0.05, 0) is 29.8 Å². The summed E-state index contributed by atoms with van der Waals surface area (Å²) in [7, 11) is -2.18. The van der Waals surface area contributed by atoms with Gasteiger partial charge in [-0.1, -0.05) is 30.3 Å². The number of nitrogens with zero attached hydrogens (tertiary/aromatic N) is 3. The van der Waals surface area contributed by atoms with Crippen molar-refractivity contribution in [3.8, 4) is 0 Å². The second-order valence-corrected chi connectivity index (χ2v) is 8.79. The molecule has 29 heavy (non-hydrogen) atoms. The van der Waals surface area contributed by atoms with Crippen LogP contribution in [0.3, 0.4) is 0 Å². The van der Waals surface area contributed by atoms with Crippen LogP contribution in [0, 0.1) is 0 Å². The number of fused-ring (bicyclic) bond motifs is 1. The highest BCUT2D eigenvalue weighted by molar-refractivity contribution is 7.89. The Bertz CT molecular complexity index is 1310. The fraction of sp³-hybridized carbons (Fsp3) is 0.143. The van der Waals surface area contributed by atoms with Crippen LogP contribution >= 0.6 is 0 Å². The molecule has 4 aromatic rings. The van der Waals surface area contributed by atoms with E-state index in [1.165, 1.54) is 35.6 Å². The number of hydrogen-bond acceptors (Lipinski definition) is 5. The molecule has 0 spiro atoms. The average Bonchev–Trinajstić information content (AvgIpc) is 3.15. The third-order valence-electron chi connectivity index (χ3n) is 4.58. The Morgan fingerprint density at radius 2 is 1.83 bits per heavy atom. The van der Waals surface area contributed by atoms with Gasteiger partial charge in [0.2, 0.25) is 10.0 Å². The van der Waals surface area contributed by atoms with Crippen LogP contribution in [0.2, 0.25) is 0 Å². The molecule has 0 aliphatic rings. The maximum Gasteiger partial charge on any atom is 0.336 e. The molecule has 2 aromatic heterocycles. The fourth-order valence-corrected chi connectivity index (χ4v) is 4.27. The lowest BCUT2D eigenvalue weighted by Gasteiger charge is -2.16. The van der Waals surface area contributed by atoms with Crippen LogP contribution in [-0.2, 0) is 23.1 Å². The topological polar surface area (TPSA) is 85.4 Å². The van der Waals surface area contributed by atoms with E-state index in [1.54, 1.807) is 16.9 Å². The molecule has 0 aliphatic carbocycles. The van der Waals surface area contributed by atoms with Gasteiger partial charge in [-0.2, -0.15) is 9.40 Å². The summed E-state index contributed by atoms with van der Waals surface area (Å²) in [4.78, 5) is 11.4. The summed E-state index contributed by atoms with van der Waals surface area (Å²) in [5.41, 5.74) is 1.78. The van der Waals surface area contributed by atoms with Crippen LogP contribution in [0.25, 0.3) is 11.0 Å². The Labute approximate surface area is 167 Å². The maximum atomic E-state index is 13.0. The largest absolute Gasteiger partial charge is 0.423 e. The molecule has 0 bridgehead atoms. The van der Waals surface area contributed by atoms with Gasteiger partial charge in [0.05, 0.1) is 17.6 Å². The van der Waals surface area contributed by atoms with Crippen LogP contribution < -0.4 is 5.63 Å². The molecule has 4 rings (SSSR count). The van der Waals surface area contributed by atoms with Crippen molar-refractivity contribution < 1.29 is 12.8 Å². The minimum Gasteiger partial charge on any atom is -0.423 e. The highest BCUT2D eigenvalue weighted by Gasteiger charge is 2.22. The lowest BCUT2D eigenvalue weighted by molar-refractivity contribution is 0.466. The summed E-state index contributed by atoms with van der Waals surface area (Å²) in [6.45, 7) is 0.812. The number of aromatic nitrogens is 2. The first-order valence-electron chi connectivity index (χ1n) is 8.97. The quantitative estimate of drug-likeness (QED) is 0.457. The Morgan fingerprint density at radius 1 is 1.03 bits per heavy atom. The van der Waals surface area contributed by atoms with Gasteiger partial charge in [0.15, 0.2) is 0 Å². The molecule has 7 nitrogen and oxygen atoms in total. The van der Waals surface area contributed by atoms with Crippen LogP contribution in [0.5, 0.6) is 0 Å². The normalized spacial score (nSPS) is 11.9. The summed E-state index contributed by atoms with van der Waals surface area (Å²) < 4.78 is 34.0. The first-order valence-corrected chi connectivity index (χ1v) is 10.4. The lowest BCUT2D eigenvalue weighted by Crippen LogP contribution is -2.26. The Kier molecular flexibility index (Phi) is 5.04. The summed E-state index contributed by atoms with van der Waals surface area (Å²) >= 11 is 0. The summed E-state index contributed by atoms with van der Waals surface area (Å²) in [6, 6.07) is 17.2. The molecule has 0 aliphatic heterocycles. The van der Waals surface area contributed by atoms with Gasteiger partial charge in [0.25, 0.3) is 0 Å². The summed E-state index contributed by atoms with van der Waals surface area (Å²) in [5.74, 6) is 0. The van der Waals surface area contributed by atoms with E-state index >= 15 is 0 Å². The number of sulfonamides is 1. The van der Waals surface area contributed by atoms with E-state index in [0.717, 1.165) is 11.1 Å². The standard InChI is InChI=1S/C21H19N3O4S/c1-23(13-17-12-22-24(15-17)14-16-5-3-2-4-6-16)29(26,27)19-8-9-20-18(11-19)7-10-21(25)28-20/h2-12,15H,13-14H2,1H3. The smallest absolute Gasteiger partial charge is 0.336 e. The monoisotopic (exact) mass is 409 g/mol. The highest BCUT2D eigenvalue weighted by Crippen LogP contribution is 2.21. The number of benzene rings is 2. The van der Waals surface area contributed by atoms with Crippen LogP contribution in [-0.4, -0.2) is 29.6 Å². The van der Waals surface area contributed by atoms with Gasteiger partial charge in [0.1, 0.15) is 5.58 Å². The Morgan fingerprint density at radius 3 is 2.62 bits per heavy atom. The van der Waals surface area contributed by atoms with Crippen LogP contribution in [0.1, 0.15) is 11.1 Å². The average molecular weight is 409 g/mol. The summed E-state index contributed by atoms with van der Waals surface area (Å²) in [5, 5.41) is 4.87. The lowest BCUT2D eigenvalue weighted by atomic mass is 10.2. The molecule has 0 saturated carbocycles. The van der Waals surface area contributed by atoms with Crippen molar-refractivity contribution in [2.24, 2.45) is 0 Å². The molecule has 2 aromatic carbocycles. The molecular formula is C21H19N3O4S. The first-order chi connectivity index (χ1) is 13.9. The van der Waals surface area contributed by atoms with Gasteiger partial charge in [0, 0.05) is 36.8 Å². The third-order valence-corrected chi connectivity index (χ3v) is 6.38. The van der Waals surface area contributed by atoms with Crippen LogP contribution in [0.4, 0.5) is 0 Å². The molecule has 0 amide bonds. The van der Waals surface area contributed by atoms with Crippen LogP contribution in [0.15, 0.2) is 87.2 Å². The SMILES string of the molecule is CN(Cc1cnn(Cc2ccccc2)c1)S(=O)(=O)c1ccc2oc(=O)ccc2c1. The molecule has 0 fully saturated rings. The number of rotatable bonds is 6. The third kappa shape index (κ3) is 4.13. The van der Waals surface area contributed by atoms with E-state index in [0.29, 0.717) is 17.5 Å². The van der Waals surface area contributed by atoms with Crippen molar-refractivity contribution in [3.05, 3.63) is 94.6 Å². The van der Waals surface area contributed by atoms with E-state index in [1.807, 2.05) is 36.5 Å². The fourth-order valence-electron chi connectivity index (χ4n) is 3.08. The van der Waals surface area contributed by atoms with Crippen molar-refractivity contribution >= 4 is 21.0 Å². The minimum atomic E-state index is -3.71. The molecular weight excluding hydrogens is 390 g/mol. The second kappa shape index (κ2) is 7.65. The summed E-state index contributed by atoms with van der Waals surface area (Å²) in [6.07, 6.45) is 3.51. The van der Waals surface area contributed by atoms with Crippen molar-refractivity contribution in [2.75, 3.05) is 7.05 Å². The van der Waals surface area contributed by atoms with Crippen molar-refractivity contribution in [1.29, 1.82) is 0 Å². The Balaban J connectivity index is 1.52. The Hall–Kier alpha value is -3.23. The van der Waals surface area contributed by atoms with E-state index in [4.69, 9.17) is 4.42 Å². The van der Waals surface area contributed by atoms with Gasteiger partial charge in [-0.15, -0.1) is 0 Å². The second-order valence-electron chi connectivity index (χ2n) is 6.75. The molecule has 148 valence electrons. The van der Waals surface area contributed by atoms with E-state index < -0.39 is 15.6 Å². The predicted octanol–water partition coefficient (Wildman–Crippen LogP) is 2.86.